The molecule has 0 bridgehead atoms. The van der Waals surface area contributed by atoms with Gasteiger partial charge in [-0.1, -0.05) is 18.7 Å². The molecule has 1 aromatic rings. The zero-order valence-corrected chi connectivity index (χ0v) is 11.6. The van der Waals surface area contributed by atoms with Gasteiger partial charge >= 0.3 is 0 Å². The van der Waals surface area contributed by atoms with Crippen LogP contribution in [0.15, 0.2) is 5.16 Å². The molecule has 0 aliphatic heterocycles. The summed E-state index contributed by atoms with van der Waals surface area (Å²) in [4.78, 5) is 0. The third kappa shape index (κ3) is 2.82. The summed E-state index contributed by atoms with van der Waals surface area (Å²) in [6.45, 7) is 3.01. The molecular weight excluding hydrogens is 248 g/mol. The molecular formula is C11H18N6S. The molecule has 6 nitrogen and oxygen atoms in total. The maximum atomic E-state index is 9.37. The van der Waals surface area contributed by atoms with Crippen molar-refractivity contribution < 1.29 is 0 Å². The van der Waals surface area contributed by atoms with Crippen molar-refractivity contribution in [2.45, 2.75) is 48.6 Å². The van der Waals surface area contributed by atoms with E-state index in [2.05, 4.69) is 33.8 Å². The molecule has 0 aromatic carbocycles. The first-order chi connectivity index (χ1) is 8.69. The van der Waals surface area contributed by atoms with Gasteiger partial charge in [-0.2, -0.15) is 5.26 Å². The zero-order valence-electron chi connectivity index (χ0n) is 10.8. The molecule has 0 radical (unpaired) electrons. The molecule has 1 N–H and O–H groups in total. The number of hydrogen-bond acceptors (Lipinski definition) is 6. The summed E-state index contributed by atoms with van der Waals surface area (Å²) in [7, 11) is 1.84. The monoisotopic (exact) mass is 266 g/mol. The van der Waals surface area contributed by atoms with E-state index in [4.69, 9.17) is 0 Å². The van der Waals surface area contributed by atoms with Crippen LogP contribution in [0, 0.1) is 11.3 Å². The van der Waals surface area contributed by atoms with Crippen molar-refractivity contribution in [3.8, 4) is 6.07 Å². The van der Waals surface area contributed by atoms with E-state index >= 15 is 0 Å². The summed E-state index contributed by atoms with van der Waals surface area (Å²) in [5.74, 6) is 0. The predicted molar refractivity (Wildman–Crippen MR) is 68.9 cm³/mol. The maximum absolute atomic E-state index is 9.37. The van der Waals surface area contributed by atoms with Crippen LogP contribution in [0.1, 0.15) is 32.6 Å². The SMILES string of the molecule is CCCNC1(C#N)CCC(Sc2nnnn2C)C1. The van der Waals surface area contributed by atoms with Gasteiger partial charge in [0.25, 0.3) is 0 Å². The van der Waals surface area contributed by atoms with Crippen molar-refractivity contribution >= 4 is 11.8 Å². The summed E-state index contributed by atoms with van der Waals surface area (Å²) in [6, 6.07) is 2.45. The van der Waals surface area contributed by atoms with E-state index in [1.54, 1.807) is 16.4 Å². The lowest BCUT2D eigenvalue weighted by Gasteiger charge is -2.22. The fraction of sp³-hybridized carbons (Fsp3) is 0.818. The molecule has 98 valence electrons. The van der Waals surface area contributed by atoms with Crippen molar-refractivity contribution in [1.82, 2.24) is 25.5 Å². The predicted octanol–water partition coefficient (Wildman–Crippen LogP) is 1.12. The Morgan fingerprint density at radius 3 is 3.11 bits per heavy atom. The Hall–Kier alpha value is -1.13. The molecule has 2 rings (SSSR count). The van der Waals surface area contributed by atoms with Crippen LogP contribution in [-0.4, -0.2) is 37.5 Å². The van der Waals surface area contributed by atoms with E-state index in [0.717, 1.165) is 37.4 Å². The topological polar surface area (TPSA) is 79.4 Å². The van der Waals surface area contributed by atoms with E-state index in [-0.39, 0.29) is 5.54 Å². The highest BCUT2D eigenvalue weighted by Crippen LogP contribution is 2.39. The summed E-state index contributed by atoms with van der Waals surface area (Å²) in [5.41, 5.74) is -0.348. The molecule has 1 heterocycles. The Morgan fingerprint density at radius 1 is 1.67 bits per heavy atom. The second-order valence-corrected chi connectivity index (χ2v) is 5.96. The fourth-order valence-corrected chi connectivity index (χ4v) is 3.41. The highest BCUT2D eigenvalue weighted by Gasteiger charge is 2.39. The molecule has 1 aliphatic carbocycles. The molecule has 1 aliphatic rings. The Labute approximate surface area is 111 Å². The lowest BCUT2D eigenvalue weighted by Crippen LogP contribution is -2.42. The molecule has 0 saturated heterocycles. The van der Waals surface area contributed by atoms with Crippen LogP contribution in [0.4, 0.5) is 0 Å². The number of hydrogen-bond donors (Lipinski definition) is 1. The largest absolute Gasteiger partial charge is 0.299 e. The molecule has 7 heteroatoms. The standard InChI is InChI=1S/C11H18N6S/c1-3-6-13-11(8-12)5-4-9(7-11)18-10-14-15-16-17(10)2/h9,13H,3-7H2,1-2H3. The maximum Gasteiger partial charge on any atom is 0.209 e. The Morgan fingerprint density at radius 2 is 2.50 bits per heavy atom. The Balaban J connectivity index is 1.95. The van der Waals surface area contributed by atoms with Crippen LogP contribution >= 0.6 is 11.8 Å². The van der Waals surface area contributed by atoms with Gasteiger partial charge in [0.15, 0.2) is 0 Å². The number of tetrazole rings is 1. The quantitative estimate of drug-likeness (QED) is 0.860. The molecule has 0 amide bonds. The van der Waals surface area contributed by atoms with Crippen molar-refractivity contribution in [3.63, 3.8) is 0 Å². The third-order valence-corrected chi connectivity index (χ3v) is 4.54. The van der Waals surface area contributed by atoms with Crippen molar-refractivity contribution in [2.75, 3.05) is 6.54 Å². The highest BCUT2D eigenvalue weighted by atomic mass is 32.2. The van der Waals surface area contributed by atoms with Gasteiger partial charge in [0.05, 0.1) is 6.07 Å². The molecule has 0 spiro atoms. The third-order valence-electron chi connectivity index (χ3n) is 3.25. The molecule has 1 saturated carbocycles. The number of aryl methyl sites for hydroxylation is 1. The molecule has 2 atom stereocenters. The zero-order chi connectivity index (χ0) is 13.0. The minimum Gasteiger partial charge on any atom is -0.299 e. The van der Waals surface area contributed by atoms with Gasteiger partial charge in [0.1, 0.15) is 5.54 Å². The van der Waals surface area contributed by atoms with Crippen LogP contribution in [-0.2, 0) is 7.05 Å². The number of aromatic nitrogens is 4. The Bertz CT molecular complexity index is 439. The van der Waals surface area contributed by atoms with Crippen LogP contribution in [0.3, 0.4) is 0 Å². The average Bonchev–Trinajstić information content (AvgIpc) is 2.96. The van der Waals surface area contributed by atoms with Crippen LogP contribution in [0.25, 0.3) is 0 Å². The summed E-state index contributed by atoms with van der Waals surface area (Å²) in [5, 5.41) is 25.4. The van der Waals surface area contributed by atoms with E-state index in [9.17, 15) is 5.26 Å². The summed E-state index contributed by atoms with van der Waals surface area (Å²) >= 11 is 1.67. The van der Waals surface area contributed by atoms with Crippen molar-refractivity contribution in [1.29, 1.82) is 5.26 Å². The van der Waals surface area contributed by atoms with Crippen molar-refractivity contribution in [3.05, 3.63) is 0 Å². The average molecular weight is 266 g/mol. The number of rotatable bonds is 5. The minimum absolute atomic E-state index is 0.348. The second-order valence-electron chi connectivity index (χ2n) is 4.69. The van der Waals surface area contributed by atoms with Gasteiger partial charge in [-0.05, 0) is 42.7 Å². The lowest BCUT2D eigenvalue weighted by molar-refractivity contribution is 0.424. The number of nitrogens with zero attached hydrogens (tertiary/aromatic N) is 5. The molecule has 1 aromatic heterocycles. The first-order valence-electron chi connectivity index (χ1n) is 6.24. The molecule has 18 heavy (non-hydrogen) atoms. The van der Waals surface area contributed by atoms with Gasteiger partial charge < -0.3 is 0 Å². The van der Waals surface area contributed by atoms with Crippen LogP contribution in [0.2, 0.25) is 0 Å². The highest BCUT2D eigenvalue weighted by molar-refractivity contribution is 7.99. The first-order valence-corrected chi connectivity index (χ1v) is 7.12. The van der Waals surface area contributed by atoms with E-state index < -0.39 is 0 Å². The fourth-order valence-electron chi connectivity index (χ4n) is 2.24. The lowest BCUT2D eigenvalue weighted by atomic mass is 10.00. The van der Waals surface area contributed by atoms with Crippen LogP contribution in [0.5, 0.6) is 0 Å². The minimum atomic E-state index is -0.348. The number of nitriles is 1. The number of thioether (sulfide) groups is 1. The van der Waals surface area contributed by atoms with E-state index in [1.165, 1.54) is 0 Å². The van der Waals surface area contributed by atoms with Gasteiger partial charge in [-0.3, -0.25) is 5.32 Å². The van der Waals surface area contributed by atoms with Gasteiger partial charge in [-0.15, -0.1) is 5.10 Å². The summed E-state index contributed by atoms with van der Waals surface area (Å²) < 4.78 is 1.68. The normalized spacial score (nSPS) is 27.3. The molecule has 1 fully saturated rings. The second kappa shape index (κ2) is 5.67. The Kier molecular flexibility index (Phi) is 4.19. The first kappa shape index (κ1) is 13.3. The number of nitrogens with one attached hydrogen (secondary N) is 1. The van der Waals surface area contributed by atoms with Gasteiger partial charge in [0.2, 0.25) is 5.16 Å². The van der Waals surface area contributed by atoms with E-state index in [1.807, 2.05) is 7.05 Å². The van der Waals surface area contributed by atoms with Gasteiger partial charge in [-0.25, -0.2) is 4.68 Å². The molecule has 2 unspecified atom stereocenters. The van der Waals surface area contributed by atoms with Crippen molar-refractivity contribution in [2.24, 2.45) is 7.05 Å². The van der Waals surface area contributed by atoms with Crippen LogP contribution < -0.4 is 5.32 Å². The van der Waals surface area contributed by atoms with E-state index in [0.29, 0.717) is 5.25 Å². The van der Waals surface area contributed by atoms with Gasteiger partial charge in [0, 0.05) is 12.3 Å². The smallest absolute Gasteiger partial charge is 0.209 e. The summed E-state index contributed by atoms with van der Waals surface area (Å²) in [6.07, 6.45) is 3.85.